The Morgan fingerprint density at radius 3 is 1.17 bits per heavy atom. The second kappa shape index (κ2) is 16.6. The Balaban J connectivity index is 3.03. The van der Waals surface area contributed by atoms with Gasteiger partial charge in [0.1, 0.15) is 0 Å². The molecule has 0 saturated carbocycles. The van der Waals surface area contributed by atoms with Crippen molar-refractivity contribution in [2.75, 3.05) is 78.9 Å². The van der Waals surface area contributed by atoms with Gasteiger partial charge in [0.05, 0.1) is 72.3 Å². The lowest BCUT2D eigenvalue weighted by atomic mass is 10.5. The molecule has 0 spiro atoms. The van der Waals surface area contributed by atoms with E-state index in [2.05, 4.69) is 11.1 Å². The van der Waals surface area contributed by atoms with E-state index in [0.717, 1.165) is 19.3 Å². The van der Waals surface area contributed by atoms with Crippen LogP contribution in [0.2, 0.25) is 0 Å². The summed E-state index contributed by atoms with van der Waals surface area (Å²) in [4.78, 5) is 0. The molecule has 0 unspecified atom stereocenters. The molecule has 0 radical (unpaired) electrons. The highest BCUT2D eigenvalue weighted by atomic mass is 32.2. The molecule has 0 N–H and O–H groups in total. The molecule has 0 aliphatic carbocycles. The fourth-order valence-corrected chi connectivity index (χ4v) is 1.74. The van der Waals surface area contributed by atoms with E-state index in [1.165, 1.54) is 0 Å². The zero-order valence-corrected chi connectivity index (χ0v) is 15.0. The summed E-state index contributed by atoms with van der Waals surface area (Å²) in [5.74, 6) is 0. The first-order valence-electron chi connectivity index (χ1n) is 7.79. The highest BCUT2D eigenvalue weighted by Crippen LogP contribution is 1.87. The Kier molecular flexibility index (Phi) is 16.4. The van der Waals surface area contributed by atoms with Gasteiger partial charge in [0.2, 0.25) is 0 Å². The van der Waals surface area contributed by atoms with Crippen LogP contribution in [0, 0.1) is 0 Å². The number of ether oxygens (including phenoxy) is 5. The van der Waals surface area contributed by atoms with Crippen molar-refractivity contribution in [1.29, 1.82) is 0 Å². The molecule has 0 aromatic heterocycles. The van der Waals surface area contributed by atoms with Crippen LogP contribution in [0.25, 0.3) is 0 Å². The summed E-state index contributed by atoms with van der Waals surface area (Å²) in [6.45, 7) is 7.11. The van der Waals surface area contributed by atoms with Gasteiger partial charge in [-0.2, -0.15) is 8.42 Å². The minimum Gasteiger partial charge on any atom is -0.379 e. The van der Waals surface area contributed by atoms with Gasteiger partial charge in [-0.25, -0.2) is 0 Å². The van der Waals surface area contributed by atoms with E-state index in [1.807, 2.05) is 0 Å². The standard InChI is InChI=1S/C14H30O8S/c1-3-4-17-5-6-18-7-8-19-9-10-20-11-12-21-13-14-22-23(2,15)16/h3-14H2,1-2H3. The molecule has 0 aromatic carbocycles. The quantitative estimate of drug-likeness (QED) is 0.258. The molecule has 140 valence electrons. The van der Waals surface area contributed by atoms with Crippen molar-refractivity contribution in [3.8, 4) is 0 Å². The predicted molar refractivity (Wildman–Crippen MR) is 85.2 cm³/mol. The summed E-state index contributed by atoms with van der Waals surface area (Å²) in [5, 5.41) is 0. The molecule has 23 heavy (non-hydrogen) atoms. The molecular formula is C14H30O8S. The first-order chi connectivity index (χ1) is 11.1. The van der Waals surface area contributed by atoms with Gasteiger partial charge < -0.3 is 23.7 Å². The SMILES string of the molecule is CCCOCCOCCOCCOCCOCCOS(C)(=O)=O. The van der Waals surface area contributed by atoms with Crippen molar-refractivity contribution in [2.45, 2.75) is 13.3 Å². The van der Waals surface area contributed by atoms with E-state index in [4.69, 9.17) is 23.7 Å². The van der Waals surface area contributed by atoms with Gasteiger partial charge in [-0.1, -0.05) is 6.92 Å². The molecule has 0 atom stereocenters. The molecule has 8 nitrogen and oxygen atoms in total. The van der Waals surface area contributed by atoms with Gasteiger partial charge in [-0.15, -0.1) is 0 Å². The second-order valence-corrected chi connectivity index (χ2v) is 6.23. The monoisotopic (exact) mass is 358 g/mol. The van der Waals surface area contributed by atoms with E-state index < -0.39 is 10.1 Å². The number of hydrogen-bond acceptors (Lipinski definition) is 8. The van der Waals surface area contributed by atoms with E-state index in [-0.39, 0.29) is 13.2 Å². The maximum Gasteiger partial charge on any atom is 0.264 e. The predicted octanol–water partition coefficient (Wildman–Crippen LogP) is 0.456. The Bertz CT molecular complexity index is 334. The van der Waals surface area contributed by atoms with Crippen LogP contribution in [-0.4, -0.2) is 87.3 Å². The molecule has 0 saturated heterocycles. The Morgan fingerprint density at radius 2 is 0.870 bits per heavy atom. The van der Waals surface area contributed by atoms with Gasteiger partial charge in [-0.3, -0.25) is 4.18 Å². The Labute approximate surface area is 139 Å². The van der Waals surface area contributed by atoms with Crippen molar-refractivity contribution in [3.05, 3.63) is 0 Å². The molecule has 0 aliphatic heterocycles. The van der Waals surface area contributed by atoms with E-state index in [1.54, 1.807) is 0 Å². The van der Waals surface area contributed by atoms with Crippen LogP contribution in [0.15, 0.2) is 0 Å². The highest BCUT2D eigenvalue weighted by Gasteiger charge is 2.00. The van der Waals surface area contributed by atoms with Gasteiger partial charge in [-0.05, 0) is 6.42 Å². The first kappa shape index (κ1) is 22.7. The van der Waals surface area contributed by atoms with Crippen LogP contribution in [-0.2, 0) is 38.0 Å². The summed E-state index contributed by atoms with van der Waals surface area (Å²) in [5.41, 5.74) is 0. The van der Waals surface area contributed by atoms with Crippen LogP contribution < -0.4 is 0 Å². The summed E-state index contributed by atoms with van der Waals surface area (Å²) < 4.78 is 52.2. The van der Waals surface area contributed by atoms with Crippen LogP contribution in [0.4, 0.5) is 0 Å². The van der Waals surface area contributed by atoms with Crippen LogP contribution in [0.3, 0.4) is 0 Å². The van der Waals surface area contributed by atoms with E-state index in [9.17, 15) is 8.42 Å². The summed E-state index contributed by atoms with van der Waals surface area (Å²) >= 11 is 0. The fourth-order valence-electron chi connectivity index (χ4n) is 1.37. The van der Waals surface area contributed by atoms with Gasteiger partial charge in [0.15, 0.2) is 0 Å². The normalized spacial score (nSPS) is 11.9. The third-order valence-corrected chi connectivity index (χ3v) is 2.96. The van der Waals surface area contributed by atoms with Gasteiger partial charge in [0.25, 0.3) is 10.1 Å². The first-order valence-corrected chi connectivity index (χ1v) is 9.61. The van der Waals surface area contributed by atoms with Crippen LogP contribution >= 0.6 is 0 Å². The largest absolute Gasteiger partial charge is 0.379 e. The number of hydrogen-bond donors (Lipinski definition) is 0. The molecule has 0 rings (SSSR count). The maximum absolute atomic E-state index is 10.7. The summed E-state index contributed by atoms with van der Waals surface area (Å²) in [6.07, 6.45) is 2.02. The molecule has 0 bridgehead atoms. The highest BCUT2D eigenvalue weighted by molar-refractivity contribution is 7.85. The zero-order valence-electron chi connectivity index (χ0n) is 14.2. The summed E-state index contributed by atoms with van der Waals surface area (Å²) in [7, 11) is -3.39. The molecule has 0 aromatic rings. The molecule has 0 fully saturated rings. The maximum atomic E-state index is 10.7. The smallest absolute Gasteiger partial charge is 0.264 e. The third-order valence-electron chi connectivity index (χ3n) is 2.36. The van der Waals surface area contributed by atoms with Crippen LogP contribution in [0.5, 0.6) is 0 Å². The molecule has 9 heteroatoms. The average molecular weight is 358 g/mol. The lowest BCUT2D eigenvalue weighted by Gasteiger charge is -2.07. The fraction of sp³-hybridized carbons (Fsp3) is 1.00. The van der Waals surface area contributed by atoms with Crippen molar-refractivity contribution in [3.63, 3.8) is 0 Å². The van der Waals surface area contributed by atoms with E-state index in [0.29, 0.717) is 52.9 Å². The molecule has 0 aliphatic rings. The third kappa shape index (κ3) is 21.7. The lowest BCUT2D eigenvalue weighted by molar-refractivity contribution is -0.0125. The summed E-state index contributed by atoms with van der Waals surface area (Å²) in [6, 6.07) is 0. The minimum absolute atomic E-state index is 0.0193. The average Bonchev–Trinajstić information content (AvgIpc) is 2.49. The van der Waals surface area contributed by atoms with Crippen molar-refractivity contribution in [1.82, 2.24) is 0 Å². The Morgan fingerprint density at radius 1 is 0.565 bits per heavy atom. The van der Waals surface area contributed by atoms with Crippen molar-refractivity contribution < 1.29 is 36.3 Å². The van der Waals surface area contributed by atoms with Crippen molar-refractivity contribution in [2.24, 2.45) is 0 Å². The van der Waals surface area contributed by atoms with Gasteiger partial charge >= 0.3 is 0 Å². The van der Waals surface area contributed by atoms with Crippen LogP contribution in [0.1, 0.15) is 13.3 Å². The van der Waals surface area contributed by atoms with E-state index >= 15 is 0 Å². The minimum atomic E-state index is -3.39. The van der Waals surface area contributed by atoms with Gasteiger partial charge in [0, 0.05) is 6.61 Å². The number of rotatable bonds is 18. The Hall–Kier alpha value is -0.290. The lowest BCUT2D eigenvalue weighted by Crippen LogP contribution is -2.14. The zero-order chi connectivity index (χ0) is 17.2. The topological polar surface area (TPSA) is 89.5 Å². The second-order valence-electron chi connectivity index (χ2n) is 4.59. The molecule has 0 amide bonds. The molecular weight excluding hydrogens is 328 g/mol. The molecule has 0 heterocycles. The van der Waals surface area contributed by atoms with Crippen molar-refractivity contribution >= 4 is 10.1 Å².